The molecule has 2 unspecified atom stereocenters. The molecule has 27 heavy (non-hydrogen) atoms. The normalized spacial score (nSPS) is 23.7. The first-order valence-electron chi connectivity index (χ1n) is 10.2. The van der Waals surface area contributed by atoms with Crippen molar-refractivity contribution in [3.05, 3.63) is 59.4 Å². The van der Waals surface area contributed by atoms with Gasteiger partial charge in [0.2, 0.25) is 0 Å². The Morgan fingerprint density at radius 3 is 2.63 bits per heavy atom. The second-order valence-corrected chi connectivity index (χ2v) is 8.11. The minimum atomic E-state index is 0.468. The molecule has 2 fully saturated rings. The summed E-state index contributed by atoms with van der Waals surface area (Å²) in [5, 5.41) is 3.92. The molecule has 0 saturated carbocycles. The average Bonchev–Trinajstić information content (AvgIpc) is 3.12. The van der Waals surface area contributed by atoms with Crippen molar-refractivity contribution in [1.29, 1.82) is 0 Å². The molecule has 0 spiro atoms. The summed E-state index contributed by atoms with van der Waals surface area (Å²) in [4.78, 5) is 6.68. The van der Waals surface area contributed by atoms with Crippen LogP contribution in [0.15, 0.2) is 42.7 Å². The van der Waals surface area contributed by atoms with E-state index in [0.717, 1.165) is 32.7 Å². The van der Waals surface area contributed by atoms with Crippen LogP contribution in [0.25, 0.3) is 0 Å². The number of aryl methyl sites for hydroxylation is 1. The summed E-state index contributed by atoms with van der Waals surface area (Å²) >= 11 is 0. The van der Waals surface area contributed by atoms with E-state index in [-0.39, 0.29) is 0 Å². The lowest BCUT2D eigenvalue weighted by Gasteiger charge is -2.37. The highest BCUT2D eigenvalue weighted by Crippen LogP contribution is 2.27. The molecule has 2 aliphatic heterocycles. The van der Waals surface area contributed by atoms with E-state index in [1.54, 1.807) is 0 Å². The Balaban J connectivity index is 1.31. The molecule has 0 radical (unpaired) electrons. The molecular weight excluding hydrogens is 334 g/mol. The summed E-state index contributed by atoms with van der Waals surface area (Å²) in [6, 6.07) is 12.0. The summed E-state index contributed by atoms with van der Waals surface area (Å²) in [5.74, 6) is 0.560. The molecule has 4 heteroatoms. The first-order valence-corrected chi connectivity index (χ1v) is 10.2. The van der Waals surface area contributed by atoms with E-state index < -0.39 is 0 Å². The van der Waals surface area contributed by atoms with E-state index >= 15 is 0 Å². The van der Waals surface area contributed by atoms with Gasteiger partial charge in [-0.3, -0.25) is 4.98 Å². The van der Waals surface area contributed by atoms with E-state index in [1.807, 2.05) is 12.4 Å². The highest BCUT2D eigenvalue weighted by Gasteiger charge is 2.31. The number of benzene rings is 1. The van der Waals surface area contributed by atoms with Crippen molar-refractivity contribution in [2.45, 2.75) is 45.2 Å². The van der Waals surface area contributed by atoms with Gasteiger partial charge in [0, 0.05) is 49.2 Å². The van der Waals surface area contributed by atoms with Crippen molar-refractivity contribution in [1.82, 2.24) is 10.3 Å². The molecule has 1 N–H and O–H groups in total. The highest BCUT2D eigenvalue weighted by atomic mass is 16.5. The third-order valence-corrected chi connectivity index (χ3v) is 6.31. The fraction of sp³-hybridized carbons (Fsp3) is 0.522. The first-order chi connectivity index (χ1) is 13.2. The summed E-state index contributed by atoms with van der Waals surface area (Å²) in [5.41, 5.74) is 5.57. The van der Waals surface area contributed by atoms with Crippen LogP contribution in [-0.2, 0) is 11.2 Å². The van der Waals surface area contributed by atoms with Gasteiger partial charge in [0.15, 0.2) is 0 Å². The van der Waals surface area contributed by atoms with Crippen LogP contribution in [0.4, 0.5) is 5.69 Å². The van der Waals surface area contributed by atoms with Crippen LogP contribution in [0.2, 0.25) is 0 Å². The van der Waals surface area contributed by atoms with E-state index in [4.69, 9.17) is 4.74 Å². The van der Waals surface area contributed by atoms with Crippen LogP contribution in [0.1, 0.15) is 29.5 Å². The predicted octanol–water partition coefficient (Wildman–Crippen LogP) is 3.51. The van der Waals surface area contributed by atoms with Crippen LogP contribution in [0, 0.1) is 19.8 Å². The monoisotopic (exact) mass is 365 g/mol. The third-order valence-electron chi connectivity index (χ3n) is 6.31. The van der Waals surface area contributed by atoms with Gasteiger partial charge in [0.25, 0.3) is 0 Å². The molecule has 2 atom stereocenters. The Morgan fingerprint density at radius 1 is 1.07 bits per heavy atom. The lowest BCUT2D eigenvalue weighted by molar-refractivity contribution is 0.181. The molecule has 1 aromatic heterocycles. The molecular formula is C23H31N3O. The van der Waals surface area contributed by atoms with Gasteiger partial charge in [-0.2, -0.15) is 0 Å². The topological polar surface area (TPSA) is 37.4 Å². The summed E-state index contributed by atoms with van der Waals surface area (Å²) < 4.78 is 5.81. The minimum absolute atomic E-state index is 0.468. The predicted molar refractivity (Wildman–Crippen MR) is 110 cm³/mol. The molecule has 0 amide bonds. The van der Waals surface area contributed by atoms with Gasteiger partial charge in [-0.05, 0) is 68.0 Å². The highest BCUT2D eigenvalue weighted by molar-refractivity contribution is 5.56. The Bertz CT molecular complexity index is 741. The van der Waals surface area contributed by atoms with Crippen molar-refractivity contribution >= 4 is 5.69 Å². The maximum atomic E-state index is 5.81. The number of aromatic nitrogens is 1. The van der Waals surface area contributed by atoms with Gasteiger partial charge < -0.3 is 15.0 Å². The fourth-order valence-electron chi connectivity index (χ4n) is 4.47. The van der Waals surface area contributed by atoms with Gasteiger partial charge in [-0.25, -0.2) is 0 Å². The molecule has 1 aromatic carbocycles. The summed E-state index contributed by atoms with van der Waals surface area (Å²) in [7, 11) is 0. The second kappa shape index (κ2) is 8.41. The number of ether oxygens (including phenoxy) is 1. The maximum absolute atomic E-state index is 5.81. The SMILES string of the molecule is Cc1cccc(N2CCC(NC3COCC3Cc3ccncc3)CC2)c1C. The number of hydrogen-bond donors (Lipinski definition) is 1. The van der Waals surface area contributed by atoms with Crippen LogP contribution in [0.3, 0.4) is 0 Å². The molecule has 2 aliphatic rings. The molecule has 144 valence electrons. The van der Waals surface area contributed by atoms with E-state index in [0.29, 0.717) is 18.0 Å². The Hall–Kier alpha value is -1.91. The van der Waals surface area contributed by atoms with Crippen molar-refractivity contribution in [3.63, 3.8) is 0 Å². The molecule has 2 aromatic rings. The smallest absolute Gasteiger partial charge is 0.0623 e. The largest absolute Gasteiger partial charge is 0.379 e. The van der Waals surface area contributed by atoms with E-state index in [1.165, 1.54) is 35.2 Å². The van der Waals surface area contributed by atoms with Crippen LogP contribution >= 0.6 is 0 Å². The summed E-state index contributed by atoms with van der Waals surface area (Å²) in [6.45, 7) is 8.41. The molecule has 0 bridgehead atoms. The molecule has 2 saturated heterocycles. The number of anilines is 1. The number of nitrogens with zero attached hydrogens (tertiary/aromatic N) is 2. The van der Waals surface area contributed by atoms with Gasteiger partial charge in [0.1, 0.15) is 0 Å². The zero-order valence-corrected chi connectivity index (χ0v) is 16.5. The lowest BCUT2D eigenvalue weighted by atomic mass is 9.93. The van der Waals surface area contributed by atoms with Crippen LogP contribution < -0.4 is 10.2 Å². The van der Waals surface area contributed by atoms with E-state index in [2.05, 4.69) is 59.4 Å². The third kappa shape index (κ3) is 4.33. The molecule has 0 aliphatic carbocycles. The second-order valence-electron chi connectivity index (χ2n) is 8.11. The quantitative estimate of drug-likeness (QED) is 0.880. The lowest BCUT2D eigenvalue weighted by Crippen LogP contribution is -2.48. The zero-order valence-electron chi connectivity index (χ0n) is 16.5. The number of pyridine rings is 1. The standard InChI is InChI=1S/C23H31N3O/c1-17-4-3-5-23(18(17)2)26-12-8-21(9-13-26)25-22-16-27-15-20(22)14-19-6-10-24-11-7-19/h3-7,10-11,20-22,25H,8-9,12-16H2,1-2H3. The fourth-order valence-corrected chi connectivity index (χ4v) is 4.47. The van der Waals surface area contributed by atoms with Crippen molar-refractivity contribution in [2.24, 2.45) is 5.92 Å². The zero-order chi connectivity index (χ0) is 18.6. The maximum Gasteiger partial charge on any atom is 0.0623 e. The van der Waals surface area contributed by atoms with E-state index in [9.17, 15) is 0 Å². The number of nitrogens with one attached hydrogen (secondary N) is 1. The van der Waals surface area contributed by atoms with Crippen LogP contribution in [-0.4, -0.2) is 43.4 Å². The minimum Gasteiger partial charge on any atom is -0.379 e. The Kier molecular flexibility index (Phi) is 5.74. The first kappa shape index (κ1) is 18.5. The van der Waals surface area contributed by atoms with Gasteiger partial charge in [0.05, 0.1) is 13.2 Å². The number of piperidine rings is 1. The van der Waals surface area contributed by atoms with Crippen molar-refractivity contribution in [2.75, 3.05) is 31.2 Å². The van der Waals surface area contributed by atoms with Gasteiger partial charge in [-0.1, -0.05) is 12.1 Å². The number of hydrogen-bond acceptors (Lipinski definition) is 4. The Morgan fingerprint density at radius 2 is 1.85 bits per heavy atom. The molecule has 3 heterocycles. The van der Waals surface area contributed by atoms with Crippen molar-refractivity contribution in [3.8, 4) is 0 Å². The molecule has 4 rings (SSSR count). The summed E-state index contributed by atoms with van der Waals surface area (Å²) in [6.07, 6.45) is 7.24. The van der Waals surface area contributed by atoms with Gasteiger partial charge in [-0.15, -0.1) is 0 Å². The number of rotatable bonds is 5. The molecule has 4 nitrogen and oxygen atoms in total. The van der Waals surface area contributed by atoms with Gasteiger partial charge >= 0.3 is 0 Å². The van der Waals surface area contributed by atoms with Crippen molar-refractivity contribution < 1.29 is 4.74 Å². The Labute approximate surface area is 162 Å². The van der Waals surface area contributed by atoms with Crippen LogP contribution in [0.5, 0.6) is 0 Å². The average molecular weight is 366 g/mol.